The van der Waals surface area contributed by atoms with Crippen molar-refractivity contribution in [2.45, 2.75) is 0 Å². The van der Waals surface area contributed by atoms with Crippen molar-refractivity contribution < 1.29 is 14.6 Å². The van der Waals surface area contributed by atoms with Gasteiger partial charge >= 0.3 is 0 Å². The summed E-state index contributed by atoms with van der Waals surface area (Å²) in [4.78, 5) is 8.85. The number of nitrogens with one attached hydrogen (secondary N) is 1. The fourth-order valence-corrected chi connectivity index (χ4v) is 2.93. The molecule has 27 heavy (non-hydrogen) atoms. The number of phenolic OH excluding ortho intramolecular Hbond substituents is 1. The van der Waals surface area contributed by atoms with Gasteiger partial charge < -0.3 is 19.9 Å². The molecule has 4 rings (SSSR count). The van der Waals surface area contributed by atoms with Crippen LogP contribution in [0.15, 0.2) is 61.1 Å². The maximum atomic E-state index is 9.90. The predicted octanol–water partition coefficient (Wildman–Crippen LogP) is 3.86. The van der Waals surface area contributed by atoms with Crippen LogP contribution in [0.1, 0.15) is 0 Å². The van der Waals surface area contributed by atoms with E-state index in [9.17, 15) is 5.11 Å². The van der Waals surface area contributed by atoms with Gasteiger partial charge in [-0.1, -0.05) is 12.1 Å². The van der Waals surface area contributed by atoms with Gasteiger partial charge in [0.25, 0.3) is 0 Å². The second-order valence-corrected chi connectivity index (χ2v) is 5.83. The van der Waals surface area contributed by atoms with Crippen molar-refractivity contribution in [1.82, 2.24) is 14.4 Å². The number of rotatable bonds is 5. The maximum Gasteiger partial charge on any atom is 0.161 e. The quantitative estimate of drug-likeness (QED) is 0.561. The molecule has 0 aliphatic heterocycles. The number of fused-ring (bicyclic) bond motifs is 1. The van der Waals surface area contributed by atoms with Crippen LogP contribution in [0.4, 0.5) is 11.5 Å². The van der Waals surface area contributed by atoms with Gasteiger partial charge in [0.05, 0.1) is 26.1 Å². The highest BCUT2D eigenvalue weighted by Crippen LogP contribution is 2.37. The Kier molecular flexibility index (Phi) is 4.25. The molecule has 2 aromatic carbocycles. The molecule has 0 saturated carbocycles. The number of hydrogen-bond donors (Lipinski definition) is 2. The van der Waals surface area contributed by atoms with E-state index in [1.54, 1.807) is 37.7 Å². The van der Waals surface area contributed by atoms with Gasteiger partial charge in [-0.25, -0.2) is 4.98 Å². The zero-order valence-electron chi connectivity index (χ0n) is 14.9. The standard InChI is InChI=1S/C20H18N4O3/c1-26-16-6-4-3-5-14(16)22-20-19(23-18-12-21-9-10-24(18)20)13-7-8-15(25)17(11-13)27-2/h3-12,22,25H,1-2H3. The third-order valence-electron chi connectivity index (χ3n) is 4.24. The van der Waals surface area contributed by atoms with Crippen molar-refractivity contribution in [3.8, 4) is 28.5 Å². The lowest BCUT2D eigenvalue weighted by atomic mass is 10.1. The van der Waals surface area contributed by atoms with E-state index in [4.69, 9.17) is 14.5 Å². The average molecular weight is 362 g/mol. The van der Waals surface area contributed by atoms with Crippen LogP contribution in [-0.4, -0.2) is 33.7 Å². The minimum atomic E-state index is 0.0749. The normalized spacial score (nSPS) is 10.7. The summed E-state index contributed by atoms with van der Waals surface area (Å²) in [6, 6.07) is 12.8. The van der Waals surface area contributed by atoms with Gasteiger partial charge in [-0.15, -0.1) is 0 Å². The van der Waals surface area contributed by atoms with Crippen molar-refractivity contribution in [3.63, 3.8) is 0 Å². The molecule has 0 unspecified atom stereocenters. The number of imidazole rings is 1. The number of benzene rings is 2. The van der Waals surface area contributed by atoms with E-state index in [1.165, 1.54) is 7.11 Å². The van der Waals surface area contributed by atoms with E-state index in [0.717, 1.165) is 22.8 Å². The van der Waals surface area contributed by atoms with Crippen LogP contribution in [0, 0.1) is 0 Å². The first-order valence-electron chi connectivity index (χ1n) is 8.30. The molecule has 2 N–H and O–H groups in total. The monoisotopic (exact) mass is 362 g/mol. The minimum absolute atomic E-state index is 0.0749. The molecule has 7 nitrogen and oxygen atoms in total. The molecule has 4 aromatic rings. The van der Waals surface area contributed by atoms with Crippen LogP contribution in [0.5, 0.6) is 17.2 Å². The molecule has 136 valence electrons. The number of para-hydroxylation sites is 2. The molecular weight excluding hydrogens is 344 g/mol. The van der Waals surface area contributed by atoms with Gasteiger partial charge in [-0.2, -0.15) is 0 Å². The van der Waals surface area contributed by atoms with Crippen LogP contribution in [-0.2, 0) is 0 Å². The summed E-state index contributed by atoms with van der Waals surface area (Å²) >= 11 is 0. The molecule has 0 bridgehead atoms. The largest absolute Gasteiger partial charge is 0.504 e. The summed E-state index contributed by atoms with van der Waals surface area (Å²) in [6.07, 6.45) is 5.22. The molecule has 0 aliphatic rings. The van der Waals surface area contributed by atoms with Crippen LogP contribution < -0.4 is 14.8 Å². The van der Waals surface area contributed by atoms with Gasteiger partial charge in [0.15, 0.2) is 17.1 Å². The predicted molar refractivity (Wildman–Crippen MR) is 103 cm³/mol. The van der Waals surface area contributed by atoms with Crippen molar-refractivity contribution >= 4 is 17.2 Å². The Labute approximate surface area is 155 Å². The van der Waals surface area contributed by atoms with Crippen LogP contribution in [0.25, 0.3) is 16.9 Å². The van der Waals surface area contributed by atoms with Crippen molar-refractivity contribution in [3.05, 3.63) is 61.1 Å². The van der Waals surface area contributed by atoms with Gasteiger partial charge in [0, 0.05) is 18.0 Å². The Morgan fingerprint density at radius 2 is 1.85 bits per heavy atom. The third-order valence-corrected chi connectivity index (χ3v) is 4.24. The molecule has 2 aromatic heterocycles. The number of aromatic nitrogens is 3. The first-order valence-corrected chi connectivity index (χ1v) is 8.30. The number of nitrogens with zero attached hydrogens (tertiary/aromatic N) is 3. The van der Waals surface area contributed by atoms with Gasteiger partial charge in [-0.05, 0) is 30.3 Å². The zero-order chi connectivity index (χ0) is 18.8. The summed E-state index contributed by atoms with van der Waals surface area (Å²) in [5.74, 6) is 1.93. The summed E-state index contributed by atoms with van der Waals surface area (Å²) in [6.45, 7) is 0. The number of aromatic hydroxyl groups is 1. The fourth-order valence-electron chi connectivity index (χ4n) is 2.93. The first kappa shape index (κ1) is 16.7. The van der Waals surface area contributed by atoms with E-state index in [2.05, 4.69) is 10.3 Å². The lowest BCUT2D eigenvalue weighted by molar-refractivity contribution is 0.373. The second-order valence-electron chi connectivity index (χ2n) is 5.83. The molecule has 0 aliphatic carbocycles. The van der Waals surface area contributed by atoms with Crippen molar-refractivity contribution in [2.24, 2.45) is 0 Å². The Bertz CT molecular complexity index is 1110. The van der Waals surface area contributed by atoms with E-state index in [1.807, 2.05) is 34.9 Å². The lowest BCUT2D eigenvalue weighted by Crippen LogP contribution is -1.99. The van der Waals surface area contributed by atoms with Gasteiger partial charge in [-0.3, -0.25) is 9.38 Å². The van der Waals surface area contributed by atoms with Gasteiger partial charge in [0.2, 0.25) is 0 Å². The van der Waals surface area contributed by atoms with Crippen molar-refractivity contribution in [1.29, 1.82) is 0 Å². The van der Waals surface area contributed by atoms with Crippen molar-refractivity contribution in [2.75, 3.05) is 19.5 Å². The fraction of sp³-hybridized carbons (Fsp3) is 0.100. The summed E-state index contributed by atoms with van der Waals surface area (Å²) in [5, 5.41) is 13.3. The minimum Gasteiger partial charge on any atom is -0.504 e. The molecule has 0 spiro atoms. The summed E-state index contributed by atoms with van der Waals surface area (Å²) in [7, 11) is 3.14. The third kappa shape index (κ3) is 2.99. The van der Waals surface area contributed by atoms with Gasteiger partial charge in [0.1, 0.15) is 17.3 Å². The highest BCUT2D eigenvalue weighted by molar-refractivity contribution is 5.81. The number of hydrogen-bond acceptors (Lipinski definition) is 6. The number of phenols is 1. The van der Waals surface area contributed by atoms with E-state index in [0.29, 0.717) is 17.1 Å². The second kappa shape index (κ2) is 6.87. The average Bonchev–Trinajstić information content (AvgIpc) is 3.07. The zero-order valence-corrected chi connectivity index (χ0v) is 14.9. The first-order chi connectivity index (χ1) is 13.2. The number of anilines is 2. The molecule has 0 saturated heterocycles. The lowest BCUT2D eigenvalue weighted by Gasteiger charge is -2.12. The number of ether oxygens (including phenoxy) is 2. The van der Waals surface area contributed by atoms with Crippen LogP contribution in [0.2, 0.25) is 0 Å². The highest BCUT2D eigenvalue weighted by Gasteiger charge is 2.17. The smallest absolute Gasteiger partial charge is 0.161 e. The molecule has 0 radical (unpaired) electrons. The molecule has 0 amide bonds. The molecule has 0 fully saturated rings. The Balaban J connectivity index is 1.90. The summed E-state index contributed by atoms with van der Waals surface area (Å²) in [5.41, 5.74) is 3.00. The Morgan fingerprint density at radius 1 is 1.04 bits per heavy atom. The summed E-state index contributed by atoms with van der Waals surface area (Å²) < 4.78 is 12.6. The van der Waals surface area contributed by atoms with E-state index < -0.39 is 0 Å². The van der Waals surface area contributed by atoms with Crippen LogP contribution >= 0.6 is 0 Å². The molecular formula is C20H18N4O3. The van der Waals surface area contributed by atoms with E-state index >= 15 is 0 Å². The Hall–Kier alpha value is -3.74. The number of methoxy groups -OCH3 is 2. The van der Waals surface area contributed by atoms with E-state index in [-0.39, 0.29) is 5.75 Å². The van der Waals surface area contributed by atoms with Crippen LogP contribution in [0.3, 0.4) is 0 Å². The SMILES string of the molecule is COc1cc(-c2nc3cnccn3c2Nc2ccccc2OC)ccc1O. The highest BCUT2D eigenvalue weighted by atomic mass is 16.5. The maximum absolute atomic E-state index is 9.90. The molecule has 2 heterocycles. The topological polar surface area (TPSA) is 80.9 Å². The molecule has 0 atom stereocenters. The Morgan fingerprint density at radius 3 is 2.67 bits per heavy atom. The molecule has 7 heteroatoms.